The smallest absolute Gasteiger partial charge is 0.336 e. The molecule has 0 amide bonds. The fourth-order valence-electron chi connectivity index (χ4n) is 3.25. The molecule has 1 aliphatic rings. The third-order valence-electron chi connectivity index (χ3n) is 4.52. The summed E-state index contributed by atoms with van der Waals surface area (Å²) in [6, 6.07) is 9.24. The number of benzene rings is 1. The van der Waals surface area contributed by atoms with Crippen LogP contribution >= 0.6 is 0 Å². The normalized spacial score (nSPS) is 16.2. The van der Waals surface area contributed by atoms with Crippen LogP contribution in [-0.2, 0) is 23.6 Å². The van der Waals surface area contributed by atoms with Crippen LogP contribution in [0.15, 0.2) is 51.2 Å². The summed E-state index contributed by atoms with van der Waals surface area (Å²) in [5, 5.41) is 3.03. The van der Waals surface area contributed by atoms with Crippen LogP contribution in [0.25, 0.3) is 0 Å². The molecule has 7 nitrogen and oxygen atoms in total. The van der Waals surface area contributed by atoms with Crippen molar-refractivity contribution >= 4 is 11.8 Å². The van der Waals surface area contributed by atoms with Crippen LogP contribution in [-0.4, -0.2) is 22.2 Å². The lowest BCUT2D eigenvalue weighted by atomic mass is 9.82. The summed E-state index contributed by atoms with van der Waals surface area (Å²) in [4.78, 5) is 37.6. The van der Waals surface area contributed by atoms with Crippen LogP contribution in [0, 0.1) is 0 Å². The van der Waals surface area contributed by atoms with E-state index < -0.39 is 23.1 Å². The van der Waals surface area contributed by atoms with Crippen molar-refractivity contribution in [1.82, 2.24) is 9.13 Å². The molecule has 3 rings (SSSR count). The molecule has 0 fully saturated rings. The van der Waals surface area contributed by atoms with Gasteiger partial charge in [-0.2, -0.15) is 0 Å². The van der Waals surface area contributed by atoms with Crippen LogP contribution < -0.4 is 16.6 Å². The maximum Gasteiger partial charge on any atom is 0.336 e. The third kappa shape index (κ3) is 2.48. The molecular weight excluding hydrogens is 322 g/mol. The Balaban J connectivity index is 2.42. The van der Waals surface area contributed by atoms with Crippen molar-refractivity contribution in [1.29, 1.82) is 0 Å². The summed E-state index contributed by atoms with van der Waals surface area (Å²) in [7, 11) is 4.32. The Hall–Kier alpha value is -3.09. The first-order valence-corrected chi connectivity index (χ1v) is 7.79. The van der Waals surface area contributed by atoms with Crippen molar-refractivity contribution in [2.24, 2.45) is 14.1 Å². The second-order valence-electron chi connectivity index (χ2n) is 5.97. The van der Waals surface area contributed by atoms with E-state index in [1.807, 2.05) is 30.3 Å². The molecule has 25 heavy (non-hydrogen) atoms. The van der Waals surface area contributed by atoms with E-state index in [4.69, 9.17) is 4.74 Å². The maximum atomic E-state index is 12.9. The van der Waals surface area contributed by atoms with Gasteiger partial charge in [-0.15, -0.1) is 0 Å². The van der Waals surface area contributed by atoms with Crippen molar-refractivity contribution in [2.75, 3.05) is 12.4 Å². The number of carbonyl (C=O) groups is 1. The first-order chi connectivity index (χ1) is 11.9. The number of esters is 1. The van der Waals surface area contributed by atoms with E-state index in [0.29, 0.717) is 22.7 Å². The number of allylic oxidation sites excluding steroid dienone is 1. The first kappa shape index (κ1) is 16.8. The van der Waals surface area contributed by atoms with E-state index in [2.05, 4.69) is 5.32 Å². The van der Waals surface area contributed by atoms with E-state index in [9.17, 15) is 14.4 Å². The Kier molecular flexibility index (Phi) is 4.08. The number of fused-ring (bicyclic) bond motifs is 1. The van der Waals surface area contributed by atoms with Gasteiger partial charge in [-0.25, -0.2) is 9.59 Å². The Morgan fingerprint density at radius 1 is 1.12 bits per heavy atom. The number of methoxy groups -OCH3 is 1. The molecule has 0 radical (unpaired) electrons. The van der Waals surface area contributed by atoms with Crippen LogP contribution in [0.4, 0.5) is 5.82 Å². The van der Waals surface area contributed by atoms with Gasteiger partial charge < -0.3 is 10.1 Å². The molecule has 0 saturated heterocycles. The number of nitrogens with one attached hydrogen (secondary N) is 1. The second kappa shape index (κ2) is 6.08. The standard InChI is InChI=1S/C18H19N3O4/c1-10-12(17(23)25-4)13(11-8-6-5-7-9-11)14-15(19-10)20(2)18(24)21(3)16(14)22/h5-9,13,19H,1-4H3/t13-/m1/s1. The molecule has 7 heteroatoms. The largest absolute Gasteiger partial charge is 0.466 e. The van der Waals surface area contributed by atoms with Crippen LogP contribution in [0.1, 0.15) is 24.0 Å². The highest BCUT2D eigenvalue weighted by Gasteiger charge is 2.36. The van der Waals surface area contributed by atoms with Crippen molar-refractivity contribution in [3.63, 3.8) is 0 Å². The zero-order chi connectivity index (χ0) is 18.3. The summed E-state index contributed by atoms with van der Waals surface area (Å²) in [6.07, 6.45) is 0. The molecule has 2 heterocycles. The van der Waals surface area contributed by atoms with Gasteiger partial charge >= 0.3 is 11.7 Å². The zero-order valence-electron chi connectivity index (χ0n) is 14.5. The van der Waals surface area contributed by atoms with Crippen LogP contribution in [0.2, 0.25) is 0 Å². The minimum absolute atomic E-state index is 0.349. The zero-order valence-corrected chi connectivity index (χ0v) is 14.5. The summed E-state index contributed by atoms with van der Waals surface area (Å²) in [5.74, 6) is -0.733. The SMILES string of the molecule is COC(=O)C1=C(C)Nc2c(c(=O)n(C)c(=O)n2C)[C@@H]1c1ccccc1. The molecule has 1 N–H and O–H groups in total. The van der Waals surface area contributed by atoms with Gasteiger partial charge in [0.15, 0.2) is 0 Å². The summed E-state index contributed by atoms with van der Waals surface area (Å²) in [5.41, 5.74) is 1.17. The number of carbonyl (C=O) groups excluding carboxylic acids is 1. The van der Waals surface area contributed by atoms with E-state index in [-0.39, 0.29) is 0 Å². The van der Waals surface area contributed by atoms with Gasteiger partial charge in [0, 0.05) is 19.8 Å². The Morgan fingerprint density at radius 2 is 1.76 bits per heavy atom. The second-order valence-corrected chi connectivity index (χ2v) is 5.97. The van der Waals surface area contributed by atoms with E-state index in [0.717, 1.165) is 10.1 Å². The highest BCUT2D eigenvalue weighted by molar-refractivity contribution is 5.94. The number of hydrogen-bond acceptors (Lipinski definition) is 5. The van der Waals surface area contributed by atoms with Gasteiger partial charge in [0.05, 0.1) is 24.2 Å². The van der Waals surface area contributed by atoms with Gasteiger partial charge in [-0.1, -0.05) is 30.3 Å². The lowest BCUT2D eigenvalue weighted by Crippen LogP contribution is -2.43. The number of anilines is 1. The van der Waals surface area contributed by atoms with Gasteiger partial charge in [-0.3, -0.25) is 13.9 Å². The minimum Gasteiger partial charge on any atom is -0.466 e. The summed E-state index contributed by atoms with van der Waals surface area (Å²) in [6.45, 7) is 1.73. The van der Waals surface area contributed by atoms with Crippen molar-refractivity contribution in [3.05, 3.63) is 73.6 Å². The molecule has 2 aromatic rings. The predicted molar refractivity (Wildman–Crippen MR) is 93.5 cm³/mol. The molecular formula is C18H19N3O4. The van der Waals surface area contributed by atoms with E-state index in [1.165, 1.54) is 18.7 Å². The fraction of sp³-hybridized carbons (Fsp3) is 0.278. The Bertz CT molecular complexity index is 999. The molecule has 0 bridgehead atoms. The van der Waals surface area contributed by atoms with Gasteiger partial charge in [0.25, 0.3) is 5.56 Å². The number of ether oxygens (including phenoxy) is 1. The van der Waals surface area contributed by atoms with Crippen LogP contribution in [0.5, 0.6) is 0 Å². The lowest BCUT2D eigenvalue weighted by molar-refractivity contribution is -0.136. The highest BCUT2D eigenvalue weighted by atomic mass is 16.5. The molecule has 0 unspecified atom stereocenters. The van der Waals surface area contributed by atoms with Gasteiger partial charge in [0.1, 0.15) is 5.82 Å². The molecule has 1 aromatic carbocycles. The molecule has 130 valence electrons. The van der Waals surface area contributed by atoms with Crippen molar-refractivity contribution in [3.8, 4) is 0 Å². The molecule has 0 aliphatic carbocycles. The van der Waals surface area contributed by atoms with Crippen LogP contribution in [0.3, 0.4) is 0 Å². The lowest BCUT2D eigenvalue weighted by Gasteiger charge is -2.30. The maximum absolute atomic E-state index is 12.9. The molecule has 1 atom stereocenters. The quantitative estimate of drug-likeness (QED) is 0.827. The average Bonchev–Trinajstić information content (AvgIpc) is 2.63. The molecule has 0 saturated carbocycles. The predicted octanol–water partition coefficient (Wildman–Crippen LogP) is 1.09. The van der Waals surface area contributed by atoms with Gasteiger partial charge in [-0.05, 0) is 12.5 Å². The third-order valence-corrected chi connectivity index (χ3v) is 4.52. The number of nitrogens with zero attached hydrogens (tertiary/aromatic N) is 2. The monoisotopic (exact) mass is 341 g/mol. The number of rotatable bonds is 2. The average molecular weight is 341 g/mol. The molecule has 1 aliphatic heterocycles. The minimum atomic E-state index is -0.615. The fourth-order valence-corrected chi connectivity index (χ4v) is 3.25. The van der Waals surface area contributed by atoms with E-state index >= 15 is 0 Å². The van der Waals surface area contributed by atoms with Gasteiger partial charge in [0.2, 0.25) is 0 Å². The van der Waals surface area contributed by atoms with Crippen molar-refractivity contribution < 1.29 is 9.53 Å². The number of aromatic nitrogens is 2. The Labute approximate surface area is 144 Å². The molecule has 0 spiro atoms. The summed E-state index contributed by atoms with van der Waals surface area (Å²) >= 11 is 0. The molecule has 1 aromatic heterocycles. The highest BCUT2D eigenvalue weighted by Crippen LogP contribution is 2.39. The Morgan fingerprint density at radius 3 is 2.36 bits per heavy atom. The topological polar surface area (TPSA) is 82.3 Å². The van der Waals surface area contributed by atoms with E-state index in [1.54, 1.807) is 14.0 Å². The van der Waals surface area contributed by atoms with Crippen molar-refractivity contribution in [2.45, 2.75) is 12.8 Å². The summed E-state index contributed by atoms with van der Waals surface area (Å²) < 4.78 is 7.36. The first-order valence-electron chi connectivity index (χ1n) is 7.79. The number of hydrogen-bond donors (Lipinski definition) is 1.